The van der Waals surface area contributed by atoms with Crippen LogP contribution in [0.25, 0.3) is 0 Å². The minimum Gasteiger partial charge on any atom is -0.496 e. The Hall–Kier alpha value is -1.54. The molecule has 1 aliphatic heterocycles. The van der Waals surface area contributed by atoms with E-state index in [0.717, 1.165) is 39.1 Å². The van der Waals surface area contributed by atoms with Crippen LogP contribution in [0.3, 0.4) is 0 Å². The summed E-state index contributed by atoms with van der Waals surface area (Å²) in [5.74, 6) is 0.282. The summed E-state index contributed by atoms with van der Waals surface area (Å²) in [6.07, 6.45) is 0.735. The van der Waals surface area contributed by atoms with Crippen LogP contribution in [-0.2, 0) is 0 Å². The number of aliphatic hydroxyl groups excluding tert-OH is 1. The molecule has 1 aromatic carbocycles. The van der Waals surface area contributed by atoms with Crippen LogP contribution in [0.5, 0.6) is 5.75 Å². The first-order valence-corrected chi connectivity index (χ1v) is 9.24. The van der Waals surface area contributed by atoms with Crippen molar-refractivity contribution < 1.29 is 14.6 Å². The monoisotopic (exact) mass is 384 g/mol. The normalized spacial score (nSPS) is 19.0. The quantitative estimate of drug-likeness (QED) is 0.654. The van der Waals surface area contributed by atoms with Crippen molar-refractivity contribution in [3.8, 4) is 5.75 Å². The number of halogens is 1. The Morgan fingerprint density at radius 2 is 2.15 bits per heavy atom. The van der Waals surface area contributed by atoms with Crippen molar-refractivity contribution in [3.05, 3.63) is 22.7 Å². The smallest absolute Gasteiger partial charge is 0.255 e. The number of likely N-dealkylation sites (N-methyl/N-ethyl adjacent to an activating group) is 1. The number of ether oxygens (including phenoxy) is 1. The fourth-order valence-corrected chi connectivity index (χ4v) is 3.44. The Morgan fingerprint density at radius 3 is 2.81 bits per heavy atom. The Balaban J connectivity index is 2.13. The second-order valence-electron chi connectivity index (χ2n) is 6.59. The van der Waals surface area contributed by atoms with Crippen molar-refractivity contribution >= 4 is 23.2 Å². The van der Waals surface area contributed by atoms with Gasteiger partial charge in [-0.05, 0) is 19.5 Å². The van der Waals surface area contributed by atoms with Gasteiger partial charge in [-0.15, -0.1) is 0 Å². The highest BCUT2D eigenvalue weighted by atomic mass is 35.5. The van der Waals surface area contributed by atoms with Crippen molar-refractivity contribution in [2.24, 2.45) is 0 Å². The average molecular weight is 385 g/mol. The third kappa shape index (κ3) is 5.48. The molecule has 1 saturated heterocycles. The number of methoxy groups -OCH3 is 1. The second kappa shape index (κ2) is 9.97. The van der Waals surface area contributed by atoms with Gasteiger partial charge >= 0.3 is 0 Å². The lowest BCUT2D eigenvalue weighted by Crippen LogP contribution is -2.46. The molecule has 0 bridgehead atoms. The number of carbonyl (C=O) groups is 1. The van der Waals surface area contributed by atoms with Gasteiger partial charge in [0.15, 0.2) is 0 Å². The minimum atomic E-state index is -0.200. The van der Waals surface area contributed by atoms with E-state index in [2.05, 4.69) is 20.4 Å². The molecule has 1 unspecified atom stereocenters. The van der Waals surface area contributed by atoms with Crippen LogP contribution in [0.15, 0.2) is 12.1 Å². The van der Waals surface area contributed by atoms with Gasteiger partial charge in [0.1, 0.15) is 5.75 Å². The molecule has 1 fully saturated rings. The van der Waals surface area contributed by atoms with Gasteiger partial charge in [0.25, 0.3) is 5.91 Å². The minimum absolute atomic E-state index is 0.0128. The predicted molar refractivity (Wildman–Crippen MR) is 104 cm³/mol. The summed E-state index contributed by atoms with van der Waals surface area (Å²) >= 11 is 6.24. The largest absolute Gasteiger partial charge is 0.496 e. The van der Waals surface area contributed by atoms with Crippen LogP contribution in [0.1, 0.15) is 16.8 Å². The highest BCUT2D eigenvalue weighted by molar-refractivity contribution is 6.33. The molecule has 146 valence electrons. The highest BCUT2D eigenvalue weighted by Gasteiger charge is 2.24. The molecule has 1 atom stereocenters. The molecule has 8 heteroatoms. The highest BCUT2D eigenvalue weighted by Crippen LogP contribution is 2.30. The van der Waals surface area contributed by atoms with Crippen molar-refractivity contribution in [2.75, 3.05) is 65.9 Å². The summed E-state index contributed by atoms with van der Waals surface area (Å²) in [6, 6.07) is 3.34. The van der Waals surface area contributed by atoms with E-state index in [0.29, 0.717) is 22.0 Å². The number of hydrogen-bond donors (Lipinski definition) is 3. The maximum Gasteiger partial charge on any atom is 0.255 e. The van der Waals surface area contributed by atoms with Gasteiger partial charge in [0.2, 0.25) is 0 Å². The number of aliphatic hydroxyl groups is 1. The number of nitrogens with zero attached hydrogens (tertiary/aromatic N) is 2. The van der Waals surface area contributed by atoms with Crippen LogP contribution in [-0.4, -0.2) is 87.4 Å². The van der Waals surface area contributed by atoms with E-state index in [4.69, 9.17) is 21.4 Å². The molecule has 3 N–H and O–H groups in total. The Labute approximate surface area is 160 Å². The van der Waals surface area contributed by atoms with Gasteiger partial charge in [-0.2, -0.15) is 0 Å². The Kier molecular flexibility index (Phi) is 7.96. The lowest BCUT2D eigenvalue weighted by molar-refractivity contribution is 0.0920. The van der Waals surface area contributed by atoms with Crippen molar-refractivity contribution in [1.29, 1.82) is 0 Å². The van der Waals surface area contributed by atoms with E-state index in [1.165, 1.54) is 7.11 Å². The van der Waals surface area contributed by atoms with E-state index in [1.807, 2.05) is 7.05 Å². The standard InChI is InChI=1S/C18H29ClN4O3/c1-20-16-10-17(26-3)14(9-15(16)19)18(25)21-13-11-22(2)6-7-23(12-13)5-4-8-24/h9-10,13,20,24H,4-8,11-12H2,1-3H3,(H,21,25). The van der Waals surface area contributed by atoms with E-state index >= 15 is 0 Å². The van der Waals surface area contributed by atoms with Crippen LogP contribution >= 0.6 is 11.6 Å². The lowest BCUT2D eigenvalue weighted by atomic mass is 10.1. The molecule has 0 spiro atoms. The predicted octanol–water partition coefficient (Wildman–Crippen LogP) is 1.12. The molecule has 26 heavy (non-hydrogen) atoms. The molecular formula is C18H29ClN4O3. The molecule has 0 saturated carbocycles. The first-order valence-electron chi connectivity index (χ1n) is 8.86. The van der Waals surface area contributed by atoms with E-state index in [-0.39, 0.29) is 18.6 Å². The van der Waals surface area contributed by atoms with E-state index in [1.54, 1.807) is 19.2 Å². The third-order valence-electron chi connectivity index (χ3n) is 4.58. The fourth-order valence-electron chi connectivity index (χ4n) is 3.18. The summed E-state index contributed by atoms with van der Waals surface area (Å²) in [4.78, 5) is 17.3. The Morgan fingerprint density at radius 1 is 1.38 bits per heavy atom. The molecule has 7 nitrogen and oxygen atoms in total. The van der Waals surface area contributed by atoms with Crippen molar-refractivity contribution in [3.63, 3.8) is 0 Å². The number of hydrogen-bond acceptors (Lipinski definition) is 6. The number of benzene rings is 1. The molecule has 1 amide bonds. The topological polar surface area (TPSA) is 77.1 Å². The summed E-state index contributed by atoms with van der Waals surface area (Å²) in [6.45, 7) is 4.38. The number of amides is 1. The van der Waals surface area contributed by atoms with Crippen LogP contribution in [0.4, 0.5) is 5.69 Å². The first kappa shape index (κ1) is 20.8. The number of carbonyl (C=O) groups excluding carboxylic acids is 1. The van der Waals surface area contributed by atoms with Gasteiger partial charge in [-0.1, -0.05) is 11.6 Å². The number of nitrogens with one attached hydrogen (secondary N) is 2. The number of rotatable bonds is 7. The van der Waals surface area contributed by atoms with Gasteiger partial charge in [-0.3, -0.25) is 9.69 Å². The first-order chi connectivity index (χ1) is 12.5. The summed E-state index contributed by atoms with van der Waals surface area (Å²) in [5.41, 5.74) is 1.13. The second-order valence-corrected chi connectivity index (χ2v) is 7.00. The molecular weight excluding hydrogens is 356 g/mol. The van der Waals surface area contributed by atoms with Gasteiger partial charge < -0.3 is 25.4 Å². The van der Waals surface area contributed by atoms with Crippen LogP contribution in [0.2, 0.25) is 5.02 Å². The average Bonchev–Trinajstić information content (AvgIpc) is 2.80. The molecule has 1 aliphatic rings. The summed E-state index contributed by atoms with van der Waals surface area (Å²) in [7, 11) is 5.35. The summed E-state index contributed by atoms with van der Waals surface area (Å²) in [5, 5.41) is 15.6. The van der Waals surface area contributed by atoms with Crippen molar-refractivity contribution in [1.82, 2.24) is 15.1 Å². The zero-order valence-corrected chi connectivity index (χ0v) is 16.5. The third-order valence-corrected chi connectivity index (χ3v) is 4.89. The maximum atomic E-state index is 12.8. The zero-order chi connectivity index (χ0) is 19.1. The van der Waals surface area contributed by atoms with Gasteiger partial charge in [0, 0.05) is 52.4 Å². The molecule has 0 radical (unpaired) electrons. The van der Waals surface area contributed by atoms with Crippen LogP contribution in [0, 0.1) is 0 Å². The molecule has 0 aliphatic carbocycles. The zero-order valence-electron chi connectivity index (χ0n) is 15.7. The number of anilines is 1. The lowest BCUT2D eigenvalue weighted by Gasteiger charge is -2.25. The van der Waals surface area contributed by atoms with Crippen molar-refractivity contribution in [2.45, 2.75) is 12.5 Å². The molecule has 1 heterocycles. The molecule has 0 aromatic heterocycles. The van der Waals surface area contributed by atoms with E-state index < -0.39 is 0 Å². The fraction of sp³-hybridized carbons (Fsp3) is 0.611. The Bertz CT molecular complexity index is 614. The molecule has 1 aromatic rings. The van der Waals surface area contributed by atoms with Gasteiger partial charge in [0.05, 0.1) is 29.4 Å². The van der Waals surface area contributed by atoms with E-state index in [9.17, 15) is 4.79 Å². The maximum absolute atomic E-state index is 12.8. The molecule has 2 rings (SSSR count). The summed E-state index contributed by atoms with van der Waals surface area (Å²) < 4.78 is 5.37. The SMILES string of the molecule is CNc1cc(OC)c(C(=O)NC2CN(C)CCN(CCCO)C2)cc1Cl. The van der Waals surface area contributed by atoms with Gasteiger partial charge in [-0.25, -0.2) is 0 Å². The van der Waals surface area contributed by atoms with Crippen LogP contribution < -0.4 is 15.4 Å².